The van der Waals surface area contributed by atoms with Crippen molar-refractivity contribution in [3.05, 3.63) is 0 Å². The quantitative estimate of drug-likeness (QED) is 0.902. The van der Waals surface area contributed by atoms with Crippen molar-refractivity contribution in [1.82, 2.24) is 4.37 Å². The molecular formula is C12H21N3OS. The predicted molar refractivity (Wildman–Crippen MR) is 72.9 cm³/mol. The second-order valence-electron chi connectivity index (χ2n) is 4.60. The average molecular weight is 255 g/mol. The van der Waals surface area contributed by atoms with Crippen molar-refractivity contribution in [2.24, 2.45) is 5.92 Å². The zero-order chi connectivity index (χ0) is 12.3. The van der Waals surface area contributed by atoms with Crippen LogP contribution in [-0.2, 0) is 0 Å². The van der Waals surface area contributed by atoms with Crippen LogP contribution in [0.15, 0.2) is 0 Å². The summed E-state index contributed by atoms with van der Waals surface area (Å²) in [5.74, 6) is 2.14. The molecule has 0 spiro atoms. The molecule has 0 saturated carbocycles. The molecule has 5 heteroatoms. The molecular weight excluding hydrogens is 234 g/mol. The number of methoxy groups -OCH3 is 1. The molecule has 0 aromatic carbocycles. The van der Waals surface area contributed by atoms with Crippen LogP contribution in [0.5, 0.6) is 5.75 Å². The number of ether oxygens (including phenoxy) is 1. The summed E-state index contributed by atoms with van der Waals surface area (Å²) >= 11 is 1.45. The highest BCUT2D eigenvalue weighted by Crippen LogP contribution is 2.39. The van der Waals surface area contributed by atoms with E-state index < -0.39 is 0 Å². The van der Waals surface area contributed by atoms with Crippen LogP contribution in [0.2, 0.25) is 0 Å². The van der Waals surface area contributed by atoms with Gasteiger partial charge in [0.25, 0.3) is 0 Å². The molecule has 2 heterocycles. The van der Waals surface area contributed by atoms with Crippen molar-refractivity contribution >= 4 is 22.4 Å². The lowest BCUT2D eigenvalue weighted by molar-refractivity contribution is 0.417. The monoisotopic (exact) mass is 255 g/mol. The summed E-state index contributed by atoms with van der Waals surface area (Å²) in [5.41, 5.74) is 5.80. The first-order valence-corrected chi connectivity index (χ1v) is 7.07. The predicted octanol–water partition coefficient (Wildman–Crippen LogP) is 2.75. The Morgan fingerprint density at radius 1 is 1.47 bits per heavy atom. The maximum atomic E-state index is 5.80. The number of rotatable bonds is 3. The molecule has 1 aromatic rings. The van der Waals surface area contributed by atoms with E-state index in [1.807, 2.05) is 0 Å². The molecule has 2 N–H and O–H groups in total. The van der Waals surface area contributed by atoms with Crippen LogP contribution in [0.1, 0.15) is 32.6 Å². The van der Waals surface area contributed by atoms with Crippen molar-refractivity contribution in [2.75, 3.05) is 30.8 Å². The maximum absolute atomic E-state index is 5.80. The molecule has 0 bridgehead atoms. The number of nitrogens with two attached hydrogens (primary N) is 1. The van der Waals surface area contributed by atoms with Crippen LogP contribution in [0.25, 0.3) is 0 Å². The van der Waals surface area contributed by atoms with Crippen molar-refractivity contribution < 1.29 is 4.74 Å². The largest absolute Gasteiger partial charge is 0.490 e. The van der Waals surface area contributed by atoms with Gasteiger partial charge in [0.05, 0.1) is 7.11 Å². The fourth-order valence-corrected chi connectivity index (χ4v) is 3.29. The first-order valence-electron chi connectivity index (χ1n) is 6.30. The zero-order valence-electron chi connectivity index (χ0n) is 10.6. The van der Waals surface area contributed by atoms with E-state index in [-0.39, 0.29) is 0 Å². The van der Waals surface area contributed by atoms with E-state index in [0.717, 1.165) is 29.8 Å². The fraction of sp³-hybridized carbons (Fsp3) is 0.750. The van der Waals surface area contributed by atoms with Gasteiger partial charge >= 0.3 is 0 Å². The molecule has 0 aliphatic carbocycles. The highest BCUT2D eigenvalue weighted by molar-refractivity contribution is 7.11. The number of hydrogen-bond donors (Lipinski definition) is 1. The van der Waals surface area contributed by atoms with Crippen LogP contribution in [0.3, 0.4) is 0 Å². The third-order valence-corrected chi connectivity index (χ3v) is 4.48. The van der Waals surface area contributed by atoms with E-state index in [1.165, 1.54) is 37.2 Å². The minimum absolute atomic E-state index is 0.517. The number of nitrogen functional groups attached to an aromatic ring is 1. The molecule has 1 atom stereocenters. The Kier molecular flexibility index (Phi) is 4.10. The highest BCUT2D eigenvalue weighted by atomic mass is 32.1. The summed E-state index contributed by atoms with van der Waals surface area (Å²) in [6.07, 6.45) is 5.14. The second-order valence-corrected chi connectivity index (χ2v) is 5.35. The lowest BCUT2D eigenvalue weighted by Crippen LogP contribution is -2.23. The summed E-state index contributed by atoms with van der Waals surface area (Å²) in [6.45, 7) is 4.47. The van der Waals surface area contributed by atoms with Gasteiger partial charge in [0.1, 0.15) is 0 Å². The van der Waals surface area contributed by atoms with Crippen molar-refractivity contribution in [3.63, 3.8) is 0 Å². The molecule has 0 amide bonds. The molecule has 1 aliphatic rings. The molecule has 2 rings (SSSR count). The summed E-state index contributed by atoms with van der Waals surface area (Å²) in [7, 11) is 1.66. The Labute approximate surface area is 107 Å². The standard InChI is InChI=1S/C12H21N3OS/c1-3-9-5-4-7-15(8-6-9)12-10(16-2)11(13)14-17-12/h9H,3-8H2,1-2H3,(H2,13,14). The van der Waals surface area contributed by atoms with Crippen LogP contribution in [-0.4, -0.2) is 24.6 Å². The number of nitrogens with zero attached hydrogens (tertiary/aromatic N) is 2. The van der Waals surface area contributed by atoms with Gasteiger partial charge in [-0.2, -0.15) is 4.37 Å². The van der Waals surface area contributed by atoms with Crippen molar-refractivity contribution in [3.8, 4) is 5.75 Å². The number of aromatic nitrogens is 1. The molecule has 96 valence electrons. The van der Waals surface area contributed by atoms with E-state index in [2.05, 4.69) is 16.2 Å². The smallest absolute Gasteiger partial charge is 0.197 e. The fourth-order valence-electron chi connectivity index (χ4n) is 2.45. The molecule has 1 saturated heterocycles. The minimum atomic E-state index is 0.517. The summed E-state index contributed by atoms with van der Waals surface area (Å²) < 4.78 is 9.53. The summed E-state index contributed by atoms with van der Waals surface area (Å²) in [6, 6.07) is 0. The molecule has 1 fully saturated rings. The Balaban J connectivity index is 2.11. The third kappa shape index (κ3) is 2.65. The maximum Gasteiger partial charge on any atom is 0.197 e. The van der Waals surface area contributed by atoms with Gasteiger partial charge in [-0.25, -0.2) is 0 Å². The van der Waals surface area contributed by atoms with E-state index in [0.29, 0.717) is 5.82 Å². The van der Waals surface area contributed by atoms with Crippen LogP contribution >= 0.6 is 11.5 Å². The Hall–Kier alpha value is -0.970. The normalized spacial score (nSPS) is 21.3. The van der Waals surface area contributed by atoms with Crippen LogP contribution < -0.4 is 15.4 Å². The van der Waals surface area contributed by atoms with Crippen LogP contribution in [0, 0.1) is 5.92 Å². The van der Waals surface area contributed by atoms with Gasteiger partial charge in [-0.05, 0) is 36.7 Å². The highest BCUT2D eigenvalue weighted by Gasteiger charge is 2.22. The second kappa shape index (κ2) is 5.58. The van der Waals surface area contributed by atoms with Gasteiger partial charge in [-0.15, -0.1) is 0 Å². The first kappa shape index (κ1) is 12.5. The minimum Gasteiger partial charge on any atom is -0.490 e. The third-order valence-electron chi connectivity index (χ3n) is 3.57. The van der Waals surface area contributed by atoms with E-state index in [9.17, 15) is 0 Å². The number of anilines is 2. The Bertz CT molecular complexity index is 367. The molecule has 1 aliphatic heterocycles. The van der Waals surface area contributed by atoms with E-state index in [4.69, 9.17) is 10.5 Å². The lowest BCUT2D eigenvalue weighted by Gasteiger charge is -2.21. The number of hydrogen-bond acceptors (Lipinski definition) is 5. The van der Waals surface area contributed by atoms with Gasteiger partial charge in [0.2, 0.25) is 0 Å². The van der Waals surface area contributed by atoms with Gasteiger partial charge in [0.15, 0.2) is 16.6 Å². The molecule has 0 radical (unpaired) electrons. The SMILES string of the molecule is CCC1CCCN(c2snc(N)c2OC)CC1. The Morgan fingerprint density at radius 3 is 3.00 bits per heavy atom. The molecule has 1 aromatic heterocycles. The Morgan fingerprint density at radius 2 is 2.29 bits per heavy atom. The zero-order valence-corrected chi connectivity index (χ0v) is 11.4. The van der Waals surface area contributed by atoms with Gasteiger partial charge in [0, 0.05) is 13.1 Å². The lowest BCUT2D eigenvalue weighted by atomic mass is 9.98. The van der Waals surface area contributed by atoms with E-state index in [1.54, 1.807) is 7.11 Å². The molecule has 17 heavy (non-hydrogen) atoms. The molecule has 1 unspecified atom stereocenters. The van der Waals surface area contributed by atoms with E-state index >= 15 is 0 Å². The average Bonchev–Trinajstić information content (AvgIpc) is 2.58. The topological polar surface area (TPSA) is 51.4 Å². The van der Waals surface area contributed by atoms with Gasteiger partial charge in [-0.3, -0.25) is 0 Å². The summed E-state index contributed by atoms with van der Waals surface area (Å²) in [4.78, 5) is 2.38. The first-order chi connectivity index (χ1) is 8.26. The van der Waals surface area contributed by atoms with Crippen LogP contribution in [0.4, 0.5) is 10.8 Å². The van der Waals surface area contributed by atoms with Crippen molar-refractivity contribution in [2.45, 2.75) is 32.6 Å². The van der Waals surface area contributed by atoms with Crippen molar-refractivity contribution in [1.29, 1.82) is 0 Å². The summed E-state index contributed by atoms with van der Waals surface area (Å²) in [5, 5.41) is 1.10. The van der Waals surface area contributed by atoms with Gasteiger partial charge in [-0.1, -0.05) is 13.3 Å². The molecule has 4 nitrogen and oxygen atoms in total. The van der Waals surface area contributed by atoms with Gasteiger partial charge < -0.3 is 15.4 Å².